The highest BCUT2D eigenvalue weighted by Gasteiger charge is 2.20. The van der Waals surface area contributed by atoms with Crippen molar-refractivity contribution in [1.29, 1.82) is 0 Å². The Hall–Kier alpha value is -1.50. The Balaban J connectivity index is 2.24. The molecular formula is C14H16ClF2N3O. The zero-order chi connectivity index (χ0) is 15.2. The van der Waals surface area contributed by atoms with Gasteiger partial charge in [0, 0.05) is 30.8 Å². The number of benzene rings is 1. The smallest absolute Gasteiger partial charge is 0.280 e. The van der Waals surface area contributed by atoms with E-state index in [0.717, 1.165) is 0 Å². The third-order valence-electron chi connectivity index (χ3n) is 2.94. The number of ether oxygens (including phenoxy) is 1. The Morgan fingerprint density at radius 1 is 1.43 bits per heavy atom. The van der Waals surface area contributed by atoms with Crippen LogP contribution in [0.15, 0.2) is 30.5 Å². The van der Waals surface area contributed by atoms with E-state index in [9.17, 15) is 8.78 Å². The molecule has 0 radical (unpaired) electrons. The average molecular weight is 316 g/mol. The van der Waals surface area contributed by atoms with Crippen LogP contribution < -0.4 is 5.32 Å². The van der Waals surface area contributed by atoms with E-state index >= 15 is 0 Å². The molecule has 0 bridgehead atoms. The van der Waals surface area contributed by atoms with Gasteiger partial charge in [0.05, 0.1) is 18.5 Å². The fourth-order valence-corrected chi connectivity index (χ4v) is 2.16. The molecule has 0 atom stereocenters. The Morgan fingerprint density at radius 2 is 2.24 bits per heavy atom. The summed E-state index contributed by atoms with van der Waals surface area (Å²) < 4.78 is 32.8. The Bertz CT molecular complexity index is 589. The van der Waals surface area contributed by atoms with Gasteiger partial charge < -0.3 is 10.1 Å². The molecule has 0 amide bonds. The SMILES string of the molecule is COCCNCc1cnn(-c2cccc(Cl)c2)c1C(F)F. The predicted molar refractivity (Wildman–Crippen MR) is 77.1 cm³/mol. The number of rotatable bonds is 7. The summed E-state index contributed by atoms with van der Waals surface area (Å²) in [6, 6.07) is 6.67. The van der Waals surface area contributed by atoms with Crippen LogP contribution in [-0.2, 0) is 11.3 Å². The highest BCUT2D eigenvalue weighted by atomic mass is 35.5. The molecule has 1 N–H and O–H groups in total. The van der Waals surface area contributed by atoms with Gasteiger partial charge in [0.2, 0.25) is 0 Å². The van der Waals surface area contributed by atoms with Crippen LogP contribution in [0.5, 0.6) is 0 Å². The van der Waals surface area contributed by atoms with E-state index < -0.39 is 6.43 Å². The van der Waals surface area contributed by atoms with Crippen LogP contribution in [0.4, 0.5) is 8.78 Å². The number of nitrogens with zero attached hydrogens (tertiary/aromatic N) is 2. The van der Waals surface area contributed by atoms with Gasteiger partial charge in [0.1, 0.15) is 5.69 Å². The van der Waals surface area contributed by atoms with E-state index in [-0.39, 0.29) is 5.69 Å². The van der Waals surface area contributed by atoms with E-state index in [0.29, 0.717) is 36.0 Å². The summed E-state index contributed by atoms with van der Waals surface area (Å²) in [7, 11) is 1.59. The zero-order valence-corrected chi connectivity index (χ0v) is 12.3. The van der Waals surface area contributed by atoms with Gasteiger partial charge in [-0.1, -0.05) is 17.7 Å². The van der Waals surface area contributed by atoms with Crippen molar-refractivity contribution in [3.05, 3.63) is 46.7 Å². The van der Waals surface area contributed by atoms with E-state index in [2.05, 4.69) is 10.4 Å². The highest BCUT2D eigenvalue weighted by Crippen LogP contribution is 2.26. The van der Waals surface area contributed by atoms with Crippen LogP contribution in [0.25, 0.3) is 5.69 Å². The minimum Gasteiger partial charge on any atom is -0.383 e. The molecule has 0 aliphatic carbocycles. The number of nitrogens with one attached hydrogen (secondary N) is 1. The maximum absolute atomic E-state index is 13.3. The fraction of sp³-hybridized carbons (Fsp3) is 0.357. The molecular weight excluding hydrogens is 300 g/mol. The molecule has 7 heteroatoms. The fourth-order valence-electron chi connectivity index (χ4n) is 1.97. The van der Waals surface area contributed by atoms with Crippen LogP contribution in [0.2, 0.25) is 5.02 Å². The summed E-state index contributed by atoms with van der Waals surface area (Å²) in [5, 5.41) is 7.57. The van der Waals surface area contributed by atoms with E-state index in [1.807, 2.05) is 0 Å². The maximum Gasteiger partial charge on any atom is 0.280 e. The van der Waals surface area contributed by atoms with E-state index in [1.165, 1.54) is 10.9 Å². The van der Waals surface area contributed by atoms with Crippen LogP contribution in [0.3, 0.4) is 0 Å². The lowest BCUT2D eigenvalue weighted by Gasteiger charge is -2.10. The number of aromatic nitrogens is 2. The van der Waals surface area contributed by atoms with Crippen LogP contribution in [-0.4, -0.2) is 30.0 Å². The molecule has 0 saturated heterocycles. The molecule has 4 nitrogen and oxygen atoms in total. The second kappa shape index (κ2) is 7.49. The molecule has 0 unspecified atom stereocenters. The Morgan fingerprint density at radius 3 is 2.90 bits per heavy atom. The minimum absolute atomic E-state index is 0.123. The molecule has 2 rings (SSSR count). The van der Waals surface area contributed by atoms with Crippen molar-refractivity contribution < 1.29 is 13.5 Å². The van der Waals surface area contributed by atoms with Crippen LogP contribution in [0.1, 0.15) is 17.7 Å². The van der Waals surface area contributed by atoms with Gasteiger partial charge in [-0.05, 0) is 18.2 Å². The van der Waals surface area contributed by atoms with Crippen LogP contribution in [0, 0.1) is 0 Å². The van der Waals surface area contributed by atoms with Crippen molar-refractivity contribution in [2.24, 2.45) is 0 Å². The van der Waals surface area contributed by atoms with Crippen molar-refractivity contribution in [3.63, 3.8) is 0 Å². The normalized spacial score (nSPS) is 11.3. The molecule has 1 aromatic heterocycles. The van der Waals surface area contributed by atoms with Gasteiger partial charge in [-0.15, -0.1) is 0 Å². The summed E-state index contributed by atoms with van der Waals surface area (Å²) in [5.41, 5.74) is 0.851. The van der Waals surface area contributed by atoms with Gasteiger partial charge >= 0.3 is 0 Å². The summed E-state index contributed by atoms with van der Waals surface area (Å²) in [5.74, 6) is 0. The first kappa shape index (κ1) is 15.9. The van der Waals surface area contributed by atoms with Crippen molar-refractivity contribution in [1.82, 2.24) is 15.1 Å². The van der Waals surface area contributed by atoms with Gasteiger partial charge in [-0.2, -0.15) is 5.10 Å². The summed E-state index contributed by atoms with van der Waals surface area (Å²) in [6.45, 7) is 1.41. The van der Waals surface area contributed by atoms with E-state index in [1.54, 1.807) is 31.4 Å². The monoisotopic (exact) mass is 315 g/mol. The number of hydrogen-bond donors (Lipinski definition) is 1. The molecule has 1 aromatic carbocycles. The minimum atomic E-state index is -2.62. The second-order valence-electron chi connectivity index (χ2n) is 4.42. The first-order valence-corrected chi connectivity index (χ1v) is 6.82. The van der Waals surface area contributed by atoms with Crippen molar-refractivity contribution in [2.75, 3.05) is 20.3 Å². The Kier molecular flexibility index (Phi) is 5.67. The molecule has 0 saturated carbocycles. The summed E-state index contributed by atoms with van der Waals surface area (Å²) >= 11 is 5.90. The first-order valence-electron chi connectivity index (χ1n) is 6.44. The highest BCUT2D eigenvalue weighted by molar-refractivity contribution is 6.30. The predicted octanol–water partition coefficient (Wildman–Crippen LogP) is 3.20. The van der Waals surface area contributed by atoms with Crippen LogP contribution >= 0.6 is 11.6 Å². The van der Waals surface area contributed by atoms with Crippen molar-refractivity contribution >= 4 is 11.6 Å². The van der Waals surface area contributed by atoms with Crippen molar-refractivity contribution in [2.45, 2.75) is 13.0 Å². The molecule has 21 heavy (non-hydrogen) atoms. The Labute approximate surface area is 126 Å². The number of halogens is 3. The number of hydrogen-bond acceptors (Lipinski definition) is 3. The molecule has 0 aliphatic heterocycles. The molecule has 1 heterocycles. The molecule has 2 aromatic rings. The number of alkyl halides is 2. The van der Waals surface area contributed by atoms with Gasteiger partial charge in [0.15, 0.2) is 0 Å². The maximum atomic E-state index is 13.3. The summed E-state index contributed by atoms with van der Waals surface area (Å²) in [4.78, 5) is 0. The first-order chi connectivity index (χ1) is 10.1. The summed E-state index contributed by atoms with van der Waals surface area (Å²) in [6.07, 6.45) is -1.17. The topological polar surface area (TPSA) is 39.1 Å². The molecule has 0 fully saturated rings. The zero-order valence-electron chi connectivity index (χ0n) is 11.5. The van der Waals surface area contributed by atoms with Gasteiger partial charge in [0.25, 0.3) is 6.43 Å². The van der Waals surface area contributed by atoms with Gasteiger partial charge in [-0.25, -0.2) is 13.5 Å². The van der Waals surface area contributed by atoms with Crippen molar-refractivity contribution in [3.8, 4) is 5.69 Å². The quantitative estimate of drug-likeness (QED) is 0.798. The lowest BCUT2D eigenvalue weighted by Crippen LogP contribution is -2.19. The largest absolute Gasteiger partial charge is 0.383 e. The second-order valence-corrected chi connectivity index (χ2v) is 4.85. The molecule has 114 valence electrons. The average Bonchev–Trinajstić information content (AvgIpc) is 2.87. The standard InChI is InChI=1S/C14H16ClF2N3O/c1-21-6-5-18-8-10-9-19-20(13(10)14(16)17)12-4-2-3-11(15)7-12/h2-4,7,9,14,18H,5-6,8H2,1H3. The number of methoxy groups -OCH3 is 1. The lowest BCUT2D eigenvalue weighted by atomic mass is 10.2. The lowest BCUT2D eigenvalue weighted by molar-refractivity contribution is 0.141. The molecule has 0 aliphatic rings. The van der Waals surface area contributed by atoms with Gasteiger partial charge in [-0.3, -0.25) is 0 Å². The van der Waals surface area contributed by atoms with E-state index in [4.69, 9.17) is 16.3 Å². The molecule has 0 spiro atoms. The third-order valence-corrected chi connectivity index (χ3v) is 3.18. The third kappa shape index (κ3) is 4.00.